The predicted molar refractivity (Wildman–Crippen MR) is 46.2 cm³/mol. The highest BCUT2D eigenvalue weighted by atomic mass is 35.6. The lowest BCUT2D eigenvalue weighted by molar-refractivity contribution is -0.142. The van der Waals surface area contributed by atoms with Gasteiger partial charge in [0.25, 0.3) is 3.79 Å². The van der Waals surface area contributed by atoms with E-state index in [4.69, 9.17) is 34.8 Å². The second kappa shape index (κ2) is 5.07. The topological polar surface area (TPSA) is 26.3 Å². The van der Waals surface area contributed by atoms with Gasteiger partial charge < -0.3 is 4.74 Å². The number of carbonyl (C=O) groups excluding carboxylic acids is 1. The summed E-state index contributed by atoms with van der Waals surface area (Å²) < 4.78 is 2.68. The van der Waals surface area contributed by atoms with Crippen LogP contribution >= 0.6 is 34.8 Å². The van der Waals surface area contributed by atoms with E-state index in [0.717, 1.165) is 12.8 Å². The van der Waals surface area contributed by atoms with Crippen molar-refractivity contribution in [3.63, 3.8) is 0 Å². The number of alkyl halides is 3. The van der Waals surface area contributed by atoms with Crippen LogP contribution in [-0.2, 0) is 9.53 Å². The molecular formula is C6H9Cl3O2. The van der Waals surface area contributed by atoms with Crippen LogP contribution in [0.4, 0.5) is 0 Å². The molecule has 0 N–H and O–H groups in total. The molecule has 0 atom stereocenters. The van der Waals surface area contributed by atoms with Crippen molar-refractivity contribution in [3.8, 4) is 0 Å². The van der Waals surface area contributed by atoms with Crippen LogP contribution in [0.15, 0.2) is 0 Å². The van der Waals surface area contributed by atoms with E-state index in [1.54, 1.807) is 0 Å². The van der Waals surface area contributed by atoms with Crippen molar-refractivity contribution in [1.29, 1.82) is 0 Å². The Morgan fingerprint density at radius 1 is 1.45 bits per heavy atom. The maximum absolute atomic E-state index is 10.7. The van der Waals surface area contributed by atoms with E-state index in [1.165, 1.54) is 0 Å². The van der Waals surface area contributed by atoms with E-state index >= 15 is 0 Å². The minimum atomic E-state index is -1.94. The molecule has 0 aromatic heterocycles. The molecule has 0 aromatic rings. The molecule has 0 aliphatic heterocycles. The molecule has 11 heavy (non-hydrogen) atoms. The van der Waals surface area contributed by atoms with Crippen molar-refractivity contribution in [1.82, 2.24) is 0 Å². The Kier molecular flexibility index (Phi) is 5.23. The number of esters is 1. The lowest BCUT2D eigenvalue weighted by Crippen LogP contribution is -2.22. The molecule has 0 aliphatic rings. The molecule has 0 unspecified atom stereocenters. The molecule has 0 saturated carbocycles. The van der Waals surface area contributed by atoms with Gasteiger partial charge in [-0.1, -0.05) is 48.1 Å². The third-order valence-corrected chi connectivity index (χ3v) is 1.43. The van der Waals surface area contributed by atoms with Gasteiger partial charge in [-0.2, -0.15) is 0 Å². The molecule has 0 heterocycles. The van der Waals surface area contributed by atoms with Crippen LogP contribution in [0.1, 0.15) is 19.8 Å². The quantitative estimate of drug-likeness (QED) is 0.414. The summed E-state index contributed by atoms with van der Waals surface area (Å²) in [6.07, 6.45) is 1.72. The van der Waals surface area contributed by atoms with Crippen molar-refractivity contribution in [2.75, 3.05) is 6.61 Å². The molecule has 5 heteroatoms. The number of ether oxygens (including phenoxy) is 1. The highest BCUT2D eigenvalue weighted by Crippen LogP contribution is 2.27. The molecule has 66 valence electrons. The minimum Gasteiger partial charge on any atom is -0.463 e. The van der Waals surface area contributed by atoms with E-state index in [1.807, 2.05) is 6.92 Å². The van der Waals surface area contributed by atoms with Crippen LogP contribution in [-0.4, -0.2) is 16.4 Å². The summed E-state index contributed by atoms with van der Waals surface area (Å²) in [7, 11) is 0. The Bertz CT molecular complexity index is 130. The Hall–Kier alpha value is 0.340. The summed E-state index contributed by atoms with van der Waals surface area (Å²) in [5.74, 6) is -0.809. The molecule has 0 spiro atoms. The minimum absolute atomic E-state index is 0.309. The second-order valence-corrected chi connectivity index (χ2v) is 4.27. The van der Waals surface area contributed by atoms with E-state index in [-0.39, 0.29) is 0 Å². The number of rotatable bonds is 3. The lowest BCUT2D eigenvalue weighted by atomic mass is 10.4. The van der Waals surface area contributed by atoms with Crippen molar-refractivity contribution >= 4 is 40.8 Å². The monoisotopic (exact) mass is 218 g/mol. The van der Waals surface area contributed by atoms with Crippen molar-refractivity contribution in [2.24, 2.45) is 0 Å². The number of halogens is 3. The van der Waals surface area contributed by atoms with Gasteiger partial charge in [0.1, 0.15) is 0 Å². The Labute approximate surface area is 80.7 Å². The average molecular weight is 219 g/mol. The van der Waals surface area contributed by atoms with Crippen LogP contribution in [0.25, 0.3) is 0 Å². The fourth-order valence-corrected chi connectivity index (χ4v) is 0.555. The summed E-state index contributed by atoms with van der Waals surface area (Å²) in [6, 6.07) is 0. The van der Waals surface area contributed by atoms with E-state index in [0.29, 0.717) is 6.61 Å². The SMILES string of the molecule is CCCCOC(=O)C(Cl)(Cl)Cl. The van der Waals surface area contributed by atoms with Gasteiger partial charge in [0.2, 0.25) is 0 Å². The molecule has 0 radical (unpaired) electrons. The zero-order valence-corrected chi connectivity index (χ0v) is 8.34. The first-order chi connectivity index (χ1) is 4.98. The Morgan fingerprint density at radius 3 is 2.36 bits per heavy atom. The number of unbranched alkanes of at least 4 members (excludes halogenated alkanes) is 1. The smallest absolute Gasteiger partial charge is 0.358 e. The number of hydrogen-bond acceptors (Lipinski definition) is 2. The van der Waals surface area contributed by atoms with Gasteiger partial charge >= 0.3 is 5.97 Å². The molecule has 0 fully saturated rings. The molecule has 0 aliphatic carbocycles. The molecule has 0 aromatic carbocycles. The van der Waals surface area contributed by atoms with Gasteiger partial charge in [-0.05, 0) is 6.42 Å². The standard InChI is InChI=1S/C6H9Cl3O2/c1-2-3-4-11-5(10)6(7,8)9/h2-4H2,1H3. The van der Waals surface area contributed by atoms with Crippen LogP contribution in [0.5, 0.6) is 0 Å². The van der Waals surface area contributed by atoms with Gasteiger partial charge in [-0.25, -0.2) is 4.79 Å². The molecular weight excluding hydrogens is 210 g/mol. The fourth-order valence-electron chi connectivity index (χ4n) is 0.391. The van der Waals surface area contributed by atoms with Crippen molar-refractivity contribution in [3.05, 3.63) is 0 Å². The number of carbonyl (C=O) groups is 1. The summed E-state index contributed by atoms with van der Waals surface area (Å²) >= 11 is 15.7. The maximum Gasteiger partial charge on any atom is 0.358 e. The third kappa shape index (κ3) is 5.59. The summed E-state index contributed by atoms with van der Waals surface area (Å²) in [4.78, 5) is 10.7. The van der Waals surface area contributed by atoms with Crippen LogP contribution < -0.4 is 0 Å². The maximum atomic E-state index is 10.7. The van der Waals surface area contributed by atoms with Crippen LogP contribution in [0.3, 0.4) is 0 Å². The highest BCUT2D eigenvalue weighted by molar-refractivity contribution is 6.75. The third-order valence-electron chi connectivity index (χ3n) is 0.963. The summed E-state index contributed by atoms with van der Waals surface area (Å²) in [5.41, 5.74) is 0. The second-order valence-electron chi connectivity index (χ2n) is 1.99. The molecule has 0 amide bonds. The first-order valence-corrected chi connectivity index (χ1v) is 4.35. The van der Waals surface area contributed by atoms with Crippen LogP contribution in [0, 0.1) is 0 Å². The first-order valence-electron chi connectivity index (χ1n) is 3.22. The van der Waals surface area contributed by atoms with Crippen LogP contribution in [0.2, 0.25) is 0 Å². The van der Waals surface area contributed by atoms with Gasteiger partial charge in [-0.15, -0.1) is 0 Å². The van der Waals surface area contributed by atoms with Crippen molar-refractivity contribution in [2.45, 2.75) is 23.6 Å². The Morgan fingerprint density at radius 2 is 2.00 bits per heavy atom. The van der Waals surface area contributed by atoms with Gasteiger partial charge in [0.05, 0.1) is 6.61 Å². The molecule has 2 nitrogen and oxygen atoms in total. The van der Waals surface area contributed by atoms with Gasteiger partial charge in [0, 0.05) is 0 Å². The Balaban J connectivity index is 3.54. The fraction of sp³-hybridized carbons (Fsp3) is 0.833. The largest absolute Gasteiger partial charge is 0.463 e. The van der Waals surface area contributed by atoms with E-state index < -0.39 is 9.76 Å². The zero-order chi connectivity index (χ0) is 8.91. The average Bonchev–Trinajstić information content (AvgIpc) is 1.86. The van der Waals surface area contributed by atoms with E-state index in [9.17, 15) is 4.79 Å². The highest BCUT2D eigenvalue weighted by Gasteiger charge is 2.32. The lowest BCUT2D eigenvalue weighted by Gasteiger charge is -2.09. The number of hydrogen-bond donors (Lipinski definition) is 0. The molecule has 0 saturated heterocycles. The predicted octanol–water partition coefficient (Wildman–Crippen LogP) is 2.70. The van der Waals surface area contributed by atoms with E-state index in [2.05, 4.69) is 4.74 Å². The normalized spacial score (nSPS) is 11.3. The summed E-state index contributed by atoms with van der Waals surface area (Å²) in [6.45, 7) is 2.28. The summed E-state index contributed by atoms with van der Waals surface area (Å²) in [5, 5.41) is 0. The molecule has 0 rings (SSSR count). The van der Waals surface area contributed by atoms with Gasteiger partial charge in [0.15, 0.2) is 0 Å². The molecule has 0 bridgehead atoms. The zero-order valence-electron chi connectivity index (χ0n) is 6.07. The van der Waals surface area contributed by atoms with Gasteiger partial charge in [-0.3, -0.25) is 0 Å². The first kappa shape index (κ1) is 11.3. The van der Waals surface area contributed by atoms with Crippen molar-refractivity contribution < 1.29 is 9.53 Å².